The van der Waals surface area contributed by atoms with Crippen LogP contribution in [-0.2, 0) is 17.9 Å². The van der Waals surface area contributed by atoms with Gasteiger partial charge in [0.2, 0.25) is 5.91 Å². The van der Waals surface area contributed by atoms with Gasteiger partial charge in [0.15, 0.2) is 0 Å². The second kappa shape index (κ2) is 8.27. The minimum atomic E-state index is -0.404. The Morgan fingerprint density at radius 2 is 1.68 bits per heavy atom. The van der Waals surface area contributed by atoms with Gasteiger partial charge in [0.1, 0.15) is 6.54 Å². The van der Waals surface area contributed by atoms with E-state index in [1.807, 2.05) is 25.1 Å². The number of terminal acetylenes is 1. The Labute approximate surface area is 162 Å². The number of benzene rings is 2. The lowest BCUT2D eigenvalue weighted by atomic mass is 10.1. The van der Waals surface area contributed by atoms with E-state index < -0.39 is 5.91 Å². The van der Waals surface area contributed by atoms with Crippen LogP contribution in [0.4, 0.5) is 5.69 Å². The summed E-state index contributed by atoms with van der Waals surface area (Å²) in [6, 6.07) is 13.9. The molecule has 0 aliphatic carbocycles. The molecule has 0 aliphatic heterocycles. The van der Waals surface area contributed by atoms with Gasteiger partial charge in [-0.25, -0.2) is 4.79 Å². The van der Waals surface area contributed by atoms with Crippen LogP contribution in [0.5, 0.6) is 0 Å². The van der Waals surface area contributed by atoms with Gasteiger partial charge in [-0.3, -0.25) is 18.7 Å². The van der Waals surface area contributed by atoms with E-state index in [0.717, 1.165) is 5.52 Å². The first-order valence-electron chi connectivity index (χ1n) is 8.85. The van der Waals surface area contributed by atoms with Crippen LogP contribution in [0.15, 0.2) is 53.3 Å². The van der Waals surface area contributed by atoms with Crippen LogP contribution in [0, 0.1) is 12.3 Å². The fraction of sp³-hybridized carbons (Fsp3) is 0.190. The number of carbonyl (C=O) groups excluding carboxylic acids is 2. The zero-order valence-corrected chi connectivity index (χ0v) is 15.4. The van der Waals surface area contributed by atoms with E-state index in [9.17, 15) is 14.4 Å². The Morgan fingerprint density at radius 1 is 1.04 bits per heavy atom. The highest BCUT2D eigenvalue weighted by Gasteiger charge is 2.16. The third-order valence-electron chi connectivity index (χ3n) is 4.34. The highest BCUT2D eigenvalue weighted by atomic mass is 16.2. The number of anilines is 1. The highest BCUT2D eigenvalue weighted by Crippen LogP contribution is 2.16. The summed E-state index contributed by atoms with van der Waals surface area (Å²) in [6.07, 6.45) is 5.16. The molecule has 3 aromatic rings. The lowest BCUT2D eigenvalue weighted by molar-refractivity contribution is -0.116. The lowest BCUT2D eigenvalue weighted by Crippen LogP contribution is -2.30. The molecule has 3 rings (SSSR count). The quantitative estimate of drug-likeness (QED) is 0.644. The Kier molecular flexibility index (Phi) is 5.61. The topological polar surface area (TPSA) is 85.1 Å². The number of amides is 2. The van der Waals surface area contributed by atoms with E-state index in [2.05, 4.69) is 16.6 Å². The van der Waals surface area contributed by atoms with Crippen LogP contribution in [0.2, 0.25) is 0 Å². The fourth-order valence-electron chi connectivity index (χ4n) is 3.08. The van der Waals surface area contributed by atoms with Gasteiger partial charge in [0.05, 0.1) is 28.8 Å². The maximum atomic E-state index is 12.7. The Hall–Kier alpha value is -3.79. The molecule has 2 N–H and O–H groups in total. The Bertz CT molecular complexity index is 1130. The highest BCUT2D eigenvalue weighted by molar-refractivity contribution is 6.03. The lowest BCUT2D eigenvalue weighted by Gasteiger charge is -2.11. The van der Waals surface area contributed by atoms with Gasteiger partial charge >= 0.3 is 5.69 Å². The van der Waals surface area contributed by atoms with E-state index in [0.29, 0.717) is 23.3 Å². The van der Waals surface area contributed by atoms with Crippen LogP contribution in [0.25, 0.3) is 11.0 Å². The molecule has 0 radical (unpaired) electrons. The molecule has 0 spiro atoms. The van der Waals surface area contributed by atoms with Crippen LogP contribution < -0.4 is 16.3 Å². The number of fused-ring (bicyclic) bond motifs is 1. The van der Waals surface area contributed by atoms with Crippen LogP contribution in [0.1, 0.15) is 17.3 Å². The van der Waals surface area contributed by atoms with Crippen LogP contribution in [-0.4, -0.2) is 27.5 Å². The summed E-state index contributed by atoms with van der Waals surface area (Å²) in [5.74, 6) is 1.55. The summed E-state index contributed by atoms with van der Waals surface area (Å²) >= 11 is 0. The molecule has 1 aromatic heterocycles. The number of para-hydroxylation sites is 3. The molecule has 0 fully saturated rings. The van der Waals surface area contributed by atoms with E-state index in [1.54, 1.807) is 34.9 Å². The summed E-state index contributed by atoms with van der Waals surface area (Å²) in [5.41, 5.74) is 1.86. The van der Waals surface area contributed by atoms with Crippen molar-refractivity contribution in [1.82, 2.24) is 14.5 Å². The molecule has 7 heteroatoms. The number of nitrogens with zero attached hydrogens (tertiary/aromatic N) is 2. The first kappa shape index (κ1) is 19.0. The van der Waals surface area contributed by atoms with Gasteiger partial charge in [0.25, 0.3) is 5.91 Å². The number of hydrogen-bond acceptors (Lipinski definition) is 3. The number of imidazole rings is 1. The van der Waals surface area contributed by atoms with Gasteiger partial charge in [-0.2, -0.15) is 0 Å². The van der Waals surface area contributed by atoms with E-state index in [4.69, 9.17) is 6.42 Å². The maximum absolute atomic E-state index is 12.7. The van der Waals surface area contributed by atoms with Crippen molar-refractivity contribution < 1.29 is 9.59 Å². The van der Waals surface area contributed by atoms with E-state index in [1.165, 1.54) is 4.57 Å². The largest absolute Gasteiger partial charge is 0.341 e. The Morgan fingerprint density at radius 3 is 2.36 bits per heavy atom. The zero-order chi connectivity index (χ0) is 20.1. The molecule has 0 bridgehead atoms. The summed E-state index contributed by atoms with van der Waals surface area (Å²) in [4.78, 5) is 37.5. The molecule has 28 heavy (non-hydrogen) atoms. The van der Waals surface area contributed by atoms with E-state index in [-0.39, 0.29) is 24.7 Å². The smallest absolute Gasteiger partial charge is 0.329 e. The number of aryl methyl sites for hydroxylation is 1. The third-order valence-corrected chi connectivity index (χ3v) is 4.34. The van der Waals surface area contributed by atoms with Gasteiger partial charge in [0, 0.05) is 6.54 Å². The standard InChI is InChI=1S/C21H20N4O3/c1-3-13-22-20(27)15-9-5-6-10-16(15)23-19(26)14-25-18-12-8-7-11-17(18)24(4-2)21(25)28/h1,5-12H,4,13-14H2,2H3,(H,22,27)(H,23,26). The number of aromatic nitrogens is 2. The first-order valence-corrected chi connectivity index (χ1v) is 8.85. The number of rotatable bonds is 6. The van der Waals surface area contributed by atoms with Crippen molar-refractivity contribution >= 4 is 28.5 Å². The van der Waals surface area contributed by atoms with Gasteiger partial charge in [-0.15, -0.1) is 6.42 Å². The van der Waals surface area contributed by atoms with E-state index >= 15 is 0 Å². The molecule has 2 aromatic carbocycles. The number of carbonyl (C=O) groups is 2. The second-order valence-electron chi connectivity index (χ2n) is 6.08. The fourth-order valence-corrected chi connectivity index (χ4v) is 3.08. The van der Waals surface area contributed by atoms with Gasteiger partial charge < -0.3 is 10.6 Å². The van der Waals surface area contributed by atoms with Crippen molar-refractivity contribution in [2.75, 3.05) is 11.9 Å². The molecule has 2 amide bonds. The molecule has 0 saturated heterocycles. The molecular formula is C21H20N4O3. The van der Waals surface area contributed by atoms with Crippen molar-refractivity contribution in [2.24, 2.45) is 0 Å². The van der Waals surface area contributed by atoms with Crippen molar-refractivity contribution in [3.63, 3.8) is 0 Å². The van der Waals surface area contributed by atoms with Gasteiger partial charge in [-0.05, 0) is 31.2 Å². The van der Waals surface area contributed by atoms with Crippen LogP contribution >= 0.6 is 0 Å². The zero-order valence-electron chi connectivity index (χ0n) is 15.4. The normalized spacial score (nSPS) is 10.4. The average molecular weight is 376 g/mol. The van der Waals surface area contributed by atoms with Gasteiger partial charge in [-0.1, -0.05) is 30.2 Å². The SMILES string of the molecule is C#CCNC(=O)c1ccccc1NC(=O)Cn1c(=O)n(CC)c2ccccc21. The predicted octanol–water partition coefficient (Wildman–Crippen LogP) is 1.82. The number of nitrogens with one attached hydrogen (secondary N) is 2. The monoisotopic (exact) mass is 376 g/mol. The molecule has 0 saturated carbocycles. The minimum absolute atomic E-state index is 0.0903. The third kappa shape index (κ3) is 3.67. The summed E-state index contributed by atoms with van der Waals surface area (Å²) in [7, 11) is 0. The summed E-state index contributed by atoms with van der Waals surface area (Å²) in [5, 5.41) is 5.29. The van der Waals surface area contributed by atoms with Crippen molar-refractivity contribution in [3.05, 3.63) is 64.6 Å². The molecule has 7 nitrogen and oxygen atoms in total. The summed E-state index contributed by atoms with van der Waals surface area (Å²) < 4.78 is 3.04. The Balaban J connectivity index is 1.86. The van der Waals surface area contributed by atoms with Crippen molar-refractivity contribution in [3.8, 4) is 12.3 Å². The summed E-state index contributed by atoms with van der Waals surface area (Å²) in [6.45, 7) is 2.31. The molecule has 0 unspecified atom stereocenters. The maximum Gasteiger partial charge on any atom is 0.329 e. The van der Waals surface area contributed by atoms with Crippen molar-refractivity contribution in [1.29, 1.82) is 0 Å². The van der Waals surface area contributed by atoms with Crippen molar-refractivity contribution in [2.45, 2.75) is 20.0 Å². The molecular weight excluding hydrogens is 356 g/mol. The second-order valence-corrected chi connectivity index (χ2v) is 6.08. The molecule has 0 atom stereocenters. The molecule has 142 valence electrons. The molecule has 0 aliphatic rings. The van der Waals surface area contributed by atoms with Crippen LogP contribution in [0.3, 0.4) is 0 Å². The number of hydrogen-bond donors (Lipinski definition) is 2. The first-order chi connectivity index (χ1) is 13.6. The predicted molar refractivity (Wildman–Crippen MR) is 108 cm³/mol. The molecule has 1 heterocycles. The average Bonchev–Trinajstić information content (AvgIpc) is 2.97. The minimum Gasteiger partial charge on any atom is -0.341 e.